The Morgan fingerprint density at radius 1 is 1.31 bits per heavy atom. The largest absolute Gasteiger partial charge is 0.378 e. The minimum Gasteiger partial charge on any atom is -0.378 e. The maximum Gasteiger partial charge on any atom is 0.279 e. The molecule has 0 bridgehead atoms. The van der Waals surface area contributed by atoms with Crippen molar-refractivity contribution >= 4 is 5.91 Å². The molecule has 0 N–H and O–H groups in total. The summed E-state index contributed by atoms with van der Waals surface area (Å²) in [5, 5.41) is 0. The van der Waals surface area contributed by atoms with E-state index >= 15 is 0 Å². The molecule has 0 aromatic carbocycles. The van der Waals surface area contributed by atoms with Crippen LogP contribution in [-0.4, -0.2) is 57.6 Å². The molecule has 0 saturated carbocycles. The quantitative estimate of drug-likeness (QED) is 0.560. The summed E-state index contributed by atoms with van der Waals surface area (Å²) in [6.07, 6.45) is -0.780. The number of carbonyl (C=O) groups is 1. The molecule has 1 aliphatic rings. The van der Waals surface area contributed by atoms with Crippen LogP contribution in [0.25, 0.3) is 0 Å². The highest BCUT2D eigenvalue weighted by Gasteiger charge is 2.25. The summed E-state index contributed by atoms with van der Waals surface area (Å²) in [7, 11) is 2.90. The van der Waals surface area contributed by atoms with Crippen LogP contribution in [0.1, 0.15) is 0 Å². The first-order valence-corrected chi connectivity index (χ1v) is 4.21. The van der Waals surface area contributed by atoms with E-state index in [2.05, 4.69) is 0 Å². The molecule has 13 heavy (non-hydrogen) atoms. The molecule has 0 radical (unpaired) electrons. The molecule has 0 aromatic heterocycles. The van der Waals surface area contributed by atoms with Crippen LogP contribution in [0.3, 0.4) is 0 Å². The zero-order valence-corrected chi connectivity index (χ0v) is 7.99. The Bertz CT molecular complexity index is 164. The lowest BCUT2D eigenvalue weighted by Crippen LogP contribution is -2.46. The number of carbonyl (C=O) groups excluding carboxylic acids is 1. The molecule has 0 atom stereocenters. The van der Waals surface area contributed by atoms with Crippen molar-refractivity contribution in [3.05, 3.63) is 0 Å². The lowest BCUT2D eigenvalue weighted by Gasteiger charge is -2.29. The highest BCUT2D eigenvalue weighted by atomic mass is 16.7. The minimum absolute atomic E-state index is 0.131. The Labute approximate surface area is 77.6 Å². The Kier molecular flexibility index (Phi) is 4.14. The van der Waals surface area contributed by atoms with Gasteiger partial charge in [-0.2, -0.15) is 0 Å². The first kappa shape index (κ1) is 10.4. The predicted octanol–water partition coefficient (Wildman–Crippen LogP) is -0.536. The molecule has 0 unspecified atom stereocenters. The third-order valence-corrected chi connectivity index (χ3v) is 1.95. The van der Waals surface area contributed by atoms with Crippen LogP contribution in [0.15, 0.2) is 0 Å². The van der Waals surface area contributed by atoms with Crippen LogP contribution in [0.2, 0.25) is 0 Å². The Morgan fingerprint density at radius 2 is 1.85 bits per heavy atom. The Hall–Kier alpha value is -0.650. The number of methoxy groups -OCH3 is 2. The third kappa shape index (κ3) is 2.65. The number of hydrogen-bond donors (Lipinski definition) is 0. The standard InChI is InChI=1S/C8H15NO4/c1-11-8(12-2)7(10)9-3-5-13-6-4-9/h8H,3-6H2,1-2H3. The van der Waals surface area contributed by atoms with Crippen molar-refractivity contribution in [3.8, 4) is 0 Å². The highest BCUT2D eigenvalue weighted by Crippen LogP contribution is 2.03. The molecule has 5 nitrogen and oxygen atoms in total. The molecular weight excluding hydrogens is 174 g/mol. The summed E-state index contributed by atoms with van der Waals surface area (Å²) < 4.78 is 14.8. The minimum atomic E-state index is -0.780. The van der Waals surface area contributed by atoms with Crippen molar-refractivity contribution in [1.29, 1.82) is 0 Å². The van der Waals surface area contributed by atoms with Crippen LogP contribution in [-0.2, 0) is 19.0 Å². The van der Waals surface area contributed by atoms with Crippen molar-refractivity contribution in [2.75, 3.05) is 40.5 Å². The Morgan fingerprint density at radius 3 is 2.31 bits per heavy atom. The number of amides is 1. The van der Waals surface area contributed by atoms with Gasteiger partial charge in [0.05, 0.1) is 13.2 Å². The summed E-state index contributed by atoms with van der Waals surface area (Å²) in [5.41, 5.74) is 0. The second-order valence-electron chi connectivity index (χ2n) is 2.74. The second-order valence-corrected chi connectivity index (χ2v) is 2.74. The molecule has 1 saturated heterocycles. The van der Waals surface area contributed by atoms with E-state index in [1.165, 1.54) is 14.2 Å². The van der Waals surface area contributed by atoms with Crippen molar-refractivity contribution in [2.45, 2.75) is 6.29 Å². The van der Waals surface area contributed by atoms with Crippen LogP contribution < -0.4 is 0 Å². The molecule has 76 valence electrons. The van der Waals surface area contributed by atoms with Gasteiger partial charge >= 0.3 is 0 Å². The summed E-state index contributed by atoms with van der Waals surface area (Å²) in [6.45, 7) is 2.40. The number of morpholine rings is 1. The van der Waals surface area contributed by atoms with E-state index in [9.17, 15) is 4.79 Å². The number of hydrogen-bond acceptors (Lipinski definition) is 4. The molecule has 1 rings (SSSR count). The molecule has 0 aliphatic carbocycles. The van der Waals surface area contributed by atoms with E-state index in [1.807, 2.05) is 0 Å². The molecule has 0 spiro atoms. The topological polar surface area (TPSA) is 48.0 Å². The van der Waals surface area contributed by atoms with E-state index in [0.29, 0.717) is 26.3 Å². The summed E-state index contributed by atoms with van der Waals surface area (Å²) in [5.74, 6) is -0.131. The maximum absolute atomic E-state index is 11.6. The first-order chi connectivity index (χ1) is 6.29. The van der Waals surface area contributed by atoms with Crippen molar-refractivity contribution in [2.24, 2.45) is 0 Å². The lowest BCUT2D eigenvalue weighted by atomic mass is 10.4. The maximum atomic E-state index is 11.6. The molecule has 1 aliphatic heterocycles. The zero-order valence-electron chi connectivity index (χ0n) is 7.99. The van der Waals surface area contributed by atoms with Crippen LogP contribution >= 0.6 is 0 Å². The molecular formula is C8H15NO4. The van der Waals surface area contributed by atoms with Gasteiger partial charge < -0.3 is 19.1 Å². The van der Waals surface area contributed by atoms with Crippen LogP contribution in [0.5, 0.6) is 0 Å². The SMILES string of the molecule is COC(OC)C(=O)N1CCOCC1. The monoisotopic (exact) mass is 189 g/mol. The predicted molar refractivity (Wildman–Crippen MR) is 45.2 cm³/mol. The Balaban J connectivity index is 2.44. The molecule has 5 heteroatoms. The average molecular weight is 189 g/mol. The van der Waals surface area contributed by atoms with Gasteiger partial charge in [0.2, 0.25) is 6.29 Å². The van der Waals surface area contributed by atoms with Crippen molar-refractivity contribution in [3.63, 3.8) is 0 Å². The fraction of sp³-hybridized carbons (Fsp3) is 0.875. The van der Waals surface area contributed by atoms with Gasteiger partial charge in [-0.1, -0.05) is 0 Å². The fourth-order valence-electron chi connectivity index (χ4n) is 1.23. The van der Waals surface area contributed by atoms with Gasteiger partial charge in [0.15, 0.2) is 0 Å². The summed E-state index contributed by atoms with van der Waals surface area (Å²) in [6, 6.07) is 0. The van der Waals surface area contributed by atoms with E-state index in [-0.39, 0.29) is 5.91 Å². The average Bonchev–Trinajstić information content (AvgIpc) is 2.21. The van der Waals surface area contributed by atoms with Crippen LogP contribution in [0.4, 0.5) is 0 Å². The van der Waals surface area contributed by atoms with Gasteiger partial charge in [-0.3, -0.25) is 4.79 Å². The van der Waals surface area contributed by atoms with E-state index < -0.39 is 6.29 Å². The number of ether oxygens (including phenoxy) is 3. The number of rotatable bonds is 3. The summed E-state index contributed by atoms with van der Waals surface area (Å²) in [4.78, 5) is 13.3. The smallest absolute Gasteiger partial charge is 0.279 e. The third-order valence-electron chi connectivity index (χ3n) is 1.95. The molecule has 0 aromatic rings. The van der Waals surface area contributed by atoms with Gasteiger partial charge in [-0.25, -0.2) is 0 Å². The molecule has 1 amide bonds. The van der Waals surface area contributed by atoms with Gasteiger partial charge in [0.25, 0.3) is 5.91 Å². The second kappa shape index (κ2) is 5.16. The van der Waals surface area contributed by atoms with E-state index in [1.54, 1.807) is 4.90 Å². The van der Waals surface area contributed by atoms with Gasteiger partial charge in [0, 0.05) is 27.3 Å². The highest BCUT2D eigenvalue weighted by molar-refractivity contribution is 5.79. The molecule has 1 fully saturated rings. The van der Waals surface area contributed by atoms with Gasteiger partial charge in [-0.05, 0) is 0 Å². The lowest BCUT2D eigenvalue weighted by molar-refractivity contribution is -0.173. The number of nitrogens with zero attached hydrogens (tertiary/aromatic N) is 1. The van der Waals surface area contributed by atoms with Gasteiger partial charge in [0.1, 0.15) is 0 Å². The van der Waals surface area contributed by atoms with Crippen molar-refractivity contribution in [1.82, 2.24) is 4.90 Å². The van der Waals surface area contributed by atoms with Gasteiger partial charge in [-0.15, -0.1) is 0 Å². The van der Waals surface area contributed by atoms with E-state index in [0.717, 1.165) is 0 Å². The summed E-state index contributed by atoms with van der Waals surface area (Å²) >= 11 is 0. The van der Waals surface area contributed by atoms with Crippen molar-refractivity contribution < 1.29 is 19.0 Å². The van der Waals surface area contributed by atoms with E-state index in [4.69, 9.17) is 14.2 Å². The normalized spacial score (nSPS) is 17.9. The zero-order chi connectivity index (χ0) is 9.68. The van der Waals surface area contributed by atoms with Crippen LogP contribution in [0, 0.1) is 0 Å². The first-order valence-electron chi connectivity index (χ1n) is 4.21. The molecule has 1 heterocycles. The fourth-order valence-corrected chi connectivity index (χ4v) is 1.23.